The number of nitrogens with zero attached hydrogens (tertiary/aromatic N) is 2. The molecule has 0 amide bonds. The molecule has 0 radical (unpaired) electrons. The fourth-order valence-electron chi connectivity index (χ4n) is 2.61. The van der Waals surface area contributed by atoms with E-state index in [-0.39, 0.29) is 17.8 Å². The maximum Gasteiger partial charge on any atom is 0.260 e. The molecule has 1 atom stereocenters. The zero-order valence-electron chi connectivity index (χ0n) is 13.6. The predicted molar refractivity (Wildman–Crippen MR) is 93.5 cm³/mol. The maximum atomic E-state index is 14.1. The highest BCUT2D eigenvalue weighted by Gasteiger charge is 2.12. The van der Waals surface area contributed by atoms with E-state index in [2.05, 4.69) is 10.3 Å². The van der Waals surface area contributed by atoms with Gasteiger partial charge in [0.05, 0.1) is 42.2 Å². The summed E-state index contributed by atoms with van der Waals surface area (Å²) in [6.45, 7) is 1.31. The third-order valence-corrected chi connectivity index (χ3v) is 3.90. The molecule has 2 heterocycles. The van der Waals surface area contributed by atoms with Crippen LogP contribution in [0.3, 0.4) is 0 Å². The first-order valence-corrected chi connectivity index (χ1v) is 7.79. The van der Waals surface area contributed by atoms with Gasteiger partial charge in [-0.3, -0.25) is 9.78 Å². The van der Waals surface area contributed by atoms with Crippen molar-refractivity contribution in [3.8, 4) is 0 Å². The highest BCUT2D eigenvalue weighted by Crippen LogP contribution is 2.25. The largest absolute Gasteiger partial charge is 0.394 e. The number of hydrogen-bond acceptors (Lipinski definition) is 5. The Morgan fingerprint density at radius 1 is 1.28 bits per heavy atom. The topological polar surface area (TPSA) is 87.4 Å². The number of fused-ring (bicyclic) bond motifs is 1. The molecule has 2 aromatic heterocycles. The first kappa shape index (κ1) is 17.1. The molecule has 3 rings (SSSR count). The quantitative estimate of drug-likeness (QED) is 0.659. The summed E-state index contributed by atoms with van der Waals surface area (Å²) in [4.78, 5) is 16.8. The van der Waals surface area contributed by atoms with E-state index in [1.807, 2.05) is 0 Å². The van der Waals surface area contributed by atoms with Crippen molar-refractivity contribution in [1.29, 1.82) is 0 Å². The van der Waals surface area contributed by atoms with E-state index < -0.39 is 18.5 Å². The number of aliphatic hydroxyl groups is 2. The highest BCUT2D eigenvalue weighted by molar-refractivity contribution is 5.93. The molecule has 7 heteroatoms. The fraction of sp³-hybridized carbons (Fsp3) is 0.222. The van der Waals surface area contributed by atoms with Gasteiger partial charge in [0, 0.05) is 17.8 Å². The number of halogens is 1. The van der Waals surface area contributed by atoms with Gasteiger partial charge in [0.2, 0.25) is 0 Å². The van der Waals surface area contributed by atoms with Crippen molar-refractivity contribution in [2.45, 2.75) is 19.6 Å². The number of aromatic nitrogens is 2. The SMILES string of the molecule is Cc1ccc(Nc2cncc3ccn(C[C@@H](O)CO)c(=O)c23)c(F)c1. The van der Waals surface area contributed by atoms with Gasteiger partial charge >= 0.3 is 0 Å². The Balaban J connectivity index is 2.08. The van der Waals surface area contributed by atoms with Crippen molar-refractivity contribution >= 4 is 22.1 Å². The second kappa shape index (κ2) is 7.00. The lowest BCUT2D eigenvalue weighted by molar-refractivity contribution is 0.0805. The number of anilines is 2. The van der Waals surface area contributed by atoms with Crippen LogP contribution in [0.4, 0.5) is 15.8 Å². The summed E-state index contributed by atoms with van der Waals surface area (Å²) >= 11 is 0. The van der Waals surface area contributed by atoms with E-state index in [4.69, 9.17) is 5.11 Å². The van der Waals surface area contributed by atoms with Crippen molar-refractivity contribution in [2.24, 2.45) is 0 Å². The Bertz CT molecular complexity index is 971. The molecule has 0 aliphatic heterocycles. The van der Waals surface area contributed by atoms with Gasteiger partial charge < -0.3 is 20.1 Å². The molecule has 0 saturated carbocycles. The Hall–Kier alpha value is -2.77. The Kier molecular flexibility index (Phi) is 4.78. The monoisotopic (exact) mass is 343 g/mol. The number of pyridine rings is 2. The zero-order valence-corrected chi connectivity index (χ0v) is 13.6. The molecule has 3 N–H and O–H groups in total. The average molecular weight is 343 g/mol. The van der Waals surface area contributed by atoms with Crippen LogP contribution in [-0.2, 0) is 6.54 Å². The summed E-state index contributed by atoms with van der Waals surface area (Å²) in [5.41, 5.74) is 1.05. The van der Waals surface area contributed by atoms with E-state index >= 15 is 0 Å². The zero-order chi connectivity index (χ0) is 18.0. The van der Waals surface area contributed by atoms with Gasteiger partial charge in [-0.15, -0.1) is 0 Å². The summed E-state index contributed by atoms with van der Waals surface area (Å²) in [7, 11) is 0. The van der Waals surface area contributed by atoms with E-state index in [1.165, 1.54) is 23.0 Å². The van der Waals surface area contributed by atoms with Gasteiger partial charge in [-0.05, 0) is 30.7 Å². The summed E-state index contributed by atoms with van der Waals surface area (Å²) < 4.78 is 15.4. The first-order valence-electron chi connectivity index (χ1n) is 7.79. The molecule has 0 aliphatic carbocycles. The van der Waals surface area contributed by atoms with Gasteiger partial charge in [0.15, 0.2) is 0 Å². The minimum atomic E-state index is -1.04. The third-order valence-electron chi connectivity index (χ3n) is 3.90. The second-order valence-electron chi connectivity index (χ2n) is 5.87. The molecule has 0 unspecified atom stereocenters. The molecule has 0 fully saturated rings. The summed E-state index contributed by atoms with van der Waals surface area (Å²) in [5, 5.41) is 22.4. The number of benzene rings is 1. The summed E-state index contributed by atoms with van der Waals surface area (Å²) in [6, 6.07) is 6.45. The van der Waals surface area contributed by atoms with Crippen LogP contribution in [0.2, 0.25) is 0 Å². The lowest BCUT2D eigenvalue weighted by Crippen LogP contribution is -2.28. The van der Waals surface area contributed by atoms with Crippen molar-refractivity contribution in [3.63, 3.8) is 0 Å². The molecule has 130 valence electrons. The van der Waals surface area contributed by atoms with Crippen LogP contribution in [0.25, 0.3) is 10.8 Å². The Morgan fingerprint density at radius 3 is 2.80 bits per heavy atom. The first-order chi connectivity index (χ1) is 12.0. The van der Waals surface area contributed by atoms with Crippen LogP contribution in [-0.4, -0.2) is 32.5 Å². The molecule has 1 aromatic carbocycles. The maximum absolute atomic E-state index is 14.1. The molecule has 0 spiro atoms. The van der Waals surface area contributed by atoms with Gasteiger partial charge in [-0.1, -0.05) is 6.07 Å². The number of nitrogens with one attached hydrogen (secondary N) is 1. The number of hydrogen-bond donors (Lipinski definition) is 3. The Morgan fingerprint density at radius 2 is 2.08 bits per heavy atom. The van der Waals surface area contributed by atoms with Crippen LogP contribution in [0, 0.1) is 12.7 Å². The minimum Gasteiger partial charge on any atom is -0.394 e. The van der Waals surface area contributed by atoms with Crippen LogP contribution in [0.15, 0.2) is 47.7 Å². The van der Waals surface area contributed by atoms with Crippen LogP contribution in [0.5, 0.6) is 0 Å². The minimum absolute atomic E-state index is 0.0358. The predicted octanol–water partition coefficient (Wildman–Crippen LogP) is 1.94. The van der Waals surface area contributed by atoms with Gasteiger partial charge in [-0.2, -0.15) is 0 Å². The third kappa shape index (κ3) is 3.52. The van der Waals surface area contributed by atoms with Crippen molar-refractivity contribution in [3.05, 3.63) is 64.6 Å². The van der Waals surface area contributed by atoms with Crippen LogP contribution < -0.4 is 10.9 Å². The molecular formula is C18H18FN3O3. The summed E-state index contributed by atoms with van der Waals surface area (Å²) in [5.74, 6) is -0.427. The van der Waals surface area contributed by atoms with Crippen molar-refractivity contribution in [1.82, 2.24) is 9.55 Å². The lowest BCUT2D eigenvalue weighted by Gasteiger charge is -2.14. The number of aryl methyl sites for hydroxylation is 1. The van der Waals surface area contributed by atoms with E-state index in [1.54, 1.807) is 31.3 Å². The molecule has 0 saturated heterocycles. The van der Waals surface area contributed by atoms with Gasteiger partial charge in [0.1, 0.15) is 5.82 Å². The van der Waals surface area contributed by atoms with E-state index in [9.17, 15) is 14.3 Å². The average Bonchev–Trinajstić information content (AvgIpc) is 2.59. The molecule has 0 bridgehead atoms. The second-order valence-corrected chi connectivity index (χ2v) is 5.87. The fourth-order valence-corrected chi connectivity index (χ4v) is 2.61. The van der Waals surface area contributed by atoms with E-state index in [0.717, 1.165) is 5.56 Å². The highest BCUT2D eigenvalue weighted by atomic mass is 19.1. The van der Waals surface area contributed by atoms with Gasteiger partial charge in [0.25, 0.3) is 5.56 Å². The smallest absolute Gasteiger partial charge is 0.260 e. The molecule has 0 aliphatic rings. The summed E-state index contributed by atoms with van der Waals surface area (Å²) in [6.07, 6.45) is 3.49. The van der Waals surface area contributed by atoms with Crippen LogP contribution in [0.1, 0.15) is 5.56 Å². The normalized spacial score (nSPS) is 12.3. The van der Waals surface area contributed by atoms with E-state index in [0.29, 0.717) is 16.5 Å². The Labute approximate surface area is 143 Å². The van der Waals surface area contributed by atoms with Crippen LogP contribution >= 0.6 is 0 Å². The van der Waals surface area contributed by atoms with Gasteiger partial charge in [-0.25, -0.2) is 4.39 Å². The lowest BCUT2D eigenvalue weighted by atomic mass is 10.1. The molecule has 3 aromatic rings. The van der Waals surface area contributed by atoms with Crippen molar-refractivity contribution < 1.29 is 14.6 Å². The number of rotatable bonds is 5. The molecular weight excluding hydrogens is 325 g/mol. The number of aliphatic hydroxyl groups excluding tert-OH is 2. The van der Waals surface area contributed by atoms with Crippen molar-refractivity contribution in [2.75, 3.05) is 11.9 Å². The standard InChI is InChI=1S/C18H18FN3O3/c1-11-2-3-15(14(19)6-11)21-16-8-20-7-12-4-5-22(9-13(24)10-23)18(25)17(12)16/h2-8,13,21,23-24H,9-10H2,1H3/t13-/m1/s1. The molecule has 25 heavy (non-hydrogen) atoms. The molecule has 6 nitrogen and oxygen atoms in total.